The first-order chi connectivity index (χ1) is 14.3. The lowest BCUT2D eigenvalue weighted by Gasteiger charge is -2.11. The SMILES string of the molecule is C#CC1(NC(=O)C(=O)c2c(C)c(C(=O)Nc3ccc(C)c(F)c3)c3n2CCC3)CC1. The first-order valence-electron chi connectivity index (χ1n) is 9.90. The number of nitrogens with zero attached hydrogens (tertiary/aromatic N) is 1. The molecule has 154 valence electrons. The van der Waals surface area contributed by atoms with Crippen molar-refractivity contribution in [2.45, 2.75) is 51.6 Å². The number of hydrogen-bond donors (Lipinski definition) is 2. The Balaban J connectivity index is 1.64. The van der Waals surface area contributed by atoms with Crippen LogP contribution in [-0.2, 0) is 17.8 Å². The molecule has 2 aromatic rings. The molecule has 0 atom stereocenters. The number of nitrogens with one attached hydrogen (secondary N) is 2. The average Bonchev–Trinajstić information content (AvgIpc) is 3.22. The van der Waals surface area contributed by atoms with Gasteiger partial charge in [-0.05, 0) is 62.8 Å². The van der Waals surface area contributed by atoms with E-state index in [-0.39, 0.29) is 5.69 Å². The van der Waals surface area contributed by atoms with Gasteiger partial charge in [0.1, 0.15) is 11.4 Å². The zero-order chi connectivity index (χ0) is 21.6. The summed E-state index contributed by atoms with van der Waals surface area (Å²) in [5.74, 6) is 0.234. The van der Waals surface area contributed by atoms with E-state index in [4.69, 9.17) is 6.42 Å². The van der Waals surface area contributed by atoms with Gasteiger partial charge in [0, 0.05) is 17.9 Å². The number of fused-ring (bicyclic) bond motifs is 1. The smallest absolute Gasteiger partial charge is 0.295 e. The lowest BCUT2D eigenvalue weighted by atomic mass is 10.0. The lowest BCUT2D eigenvalue weighted by molar-refractivity contribution is -0.117. The fourth-order valence-electron chi connectivity index (χ4n) is 3.99. The zero-order valence-corrected chi connectivity index (χ0v) is 16.9. The second-order valence-corrected chi connectivity index (χ2v) is 7.98. The molecule has 2 aliphatic rings. The van der Waals surface area contributed by atoms with E-state index >= 15 is 0 Å². The number of aromatic nitrogens is 1. The van der Waals surface area contributed by atoms with Gasteiger partial charge in [0.05, 0.1) is 11.3 Å². The number of carbonyl (C=O) groups is 3. The summed E-state index contributed by atoms with van der Waals surface area (Å²) in [5, 5.41) is 5.35. The van der Waals surface area contributed by atoms with Crippen LogP contribution in [0.4, 0.5) is 10.1 Å². The summed E-state index contributed by atoms with van der Waals surface area (Å²) in [4.78, 5) is 38.5. The van der Waals surface area contributed by atoms with Gasteiger partial charge in [-0.15, -0.1) is 6.42 Å². The number of hydrogen-bond acceptors (Lipinski definition) is 3. The molecule has 2 N–H and O–H groups in total. The molecule has 0 bridgehead atoms. The van der Waals surface area contributed by atoms with Gasteiger partial charge < -0.3 is 15.2 Å². The van der Waals surface area contributed by atoms with Gasteiger partial charge in [0.2, 0.25) is 0 Å². The number of rotatable bonds is 5. The number of halogens is 1. The van der Waals surface area contributed by atoms with Crippen molar-refractivity contribution in [1.29, 1.82) is 0 Å². The molecule has 1 aromatic carbocycles. The van der Waals surface area contributed by atoms with Crippen LogP contribution in [0, 0.1) is 32.0 Å². The molecule has 1 aliphatic carbocycles. The largest absolute Gasteiger partial charge is 0.341 e. The van der Waals surface area contributed by atoms with Crippen LogP contribution in [0.3, 0.4) is 0 Å². The standard InChI is InChI=1S/C23H22FN3O3/c1-4-23(9-10-23)26-22(30)20(28)19-14(3)18(17-6-5-11-27(17)19)21(29)25-15-8-7-13(2)16(24)12-15/h1,7-8,12H,5-6,9-11H2,2-3H3,(H,25,29)(H,26,30). The molecule has 0 saturated heterocycles. The molecule has 30 heavy (non-hydrogen) atoms. The molecule has 0 unspecified atom stereocenters. The predicted molar refractivity (Wildman–Crippen MR) is 110 cm³/mol. The van der Waals surface area contributed by atoms with Gasteiger partial charge in [-0.25, -0.2) is 4.39 Å². The first-order valence-corrected chi connectivity index (χ1v) is 9.90. The molecule has 2 heterocycles. The Morgan fingerprint density at radius 2 is 1.97 bits per heavy atom. The summed E-state index contributed by atoms with van der Waals surface area (Å²) in [6, 6.07) is 4.46. The van der Waals surface area contributed by atoms with Gasteiger partial charge in [0.25, 0.3) is 17.6 Å². The molecule has 1 saturated carbocycles. The van der Waals surface area contributed by atoms with Crippen LogP contribution in [0.25, 0.3) is 0 Å². The summed E-state index contributed by atoms with van der Waals surface area (Å²) >= 11 is 0. The van der Waals surface area contributed by atoms with Crippen molar-refractivity contribution in [3.8, 4) is 12.3 Å². The van der Waals surface area contributed by atoms with E-state index in [2.05, 4.69) is 16.6 Å². The van der Waals surface area contributed by atoms with E-state index in [9.17, 15) is 18.8 Å². The highest BCUT2D eigenvalue weighted by Crippen LogP contribution is 2.35. The minimum absolute atomic E-state index is 0.216. The predicted octanol–water partition coefficient (Wildman–Crippen LogP) is 2.91. The third-order valence-electron chi connectivity index (χ3n) is 5.87. The fraction of sp³-hybridized carbons (Fsp3) is 0.348. The van der Waals surface area contributed by atoms with Gasteiger partial charge >= 0.3 is 0 Å². The van der Waals surface area contributed by atoms with Crippen LogP contribution < -0.4 is 10.6 Å². The number of benzene rings is 1. The normalized spacial score (nSPS) is 15.8. The summed E-state index contributed by atoms with van der Waals surface area (Å²) in [7, 11) is 0. The van der Waals surface area contributed by atoms with E-state index in [0.29, 0.717) is 53.9 Å². The highest BCUT2D eigenvalue weighted by atomic mass is 19.1. The van der Waals surface area contributed by atoms with Crippen molar-refractivity contribution in [3.05, 3.63) is 52.1 Å². The minimum atomic E-state index is -0.756. The molecule has 7 heteroatoms. The molecule has 4 rings (SSSR count). The number of terminal acetylenes is 1. The van der Waals surface area contributed by atoms with E-state index in [0.717, 1.165) is 6.42 Å². The number of ketones is 1. The van der Waals surface area contributed by atoms with Crippen LogP contribution >= 0.6 is 0 Å². The van der Waals surface area contributed by atoms with Gasteiger partial charge in [-0.3, -0.25) is 14.4 Å². The Morgan fingerprint density at radius 3 is 2.60 bits per heavy atom. The highest BCUT2D eigenvalue weighted by Gasteiger charge is 2.44. The quantitative estimate of drug-likeness (QED) is 0.454. The Kier molecular flexibility index (Phi) is 4.73. The number of anilines is 1. The van der Waals surface area contributed by atoms with Crippen molar-refractivity contribution in [1.82, 2.24) is 9.88 Å². The van der Waals surface area contributed by atoms with Crippen LogP contribution in [0.5, 0.6) is 0 Å². The van der Waals surface area contributed by atoms with Gasteiger partial charge in [-0.2, -0.15) is 0 Å². The molecule has 6 nitrogen and oxygen atoms in total. The maximum Gasteiger partial charge on any atom is 0.295 e. The van der Waals surface area contributed by atoms with Crippen molar-refractivity contribution in [3.63, 3.8) is 0 Å². The van der Waals surface area contributed by atoms with E-state index in [1.54, 1.807) is 30.5 Å². The van der Waals surface area contributed by atoms with Crippen molar-refractivity contribution >= 4 is 23.3 Å². The number of amides is 2. The van der Waals surface area contributed by atoms with E-state index in [1.165, 1.54) is 6.07 Å². The molecule has 0 spiro atoms. The van der Waals surface area contributed by atoms with Crippen LogP contribution in [0.15, 0.2) is 18.2 Å². The van der Waals surface area contributed by atoms with Crippen LogP contribution in [0.1, 0.15) is 56.9 Å². The Hall–Kier alpha value is -3.40. The molecular formula is C23H22FN3O3. The van der Waals surface area contributed by atoms with Crippen molar-refractivity contribution < 1.29 is 18.8 Å². The lowest BCUT2D eigenvalue weighted by Crippen LogP contribution is -2.41. The van der Waals surface area contributed by atoms with Crippen LogP contribution in [-0.4, -0.2) is 27.7 Å². The maximum absolute atomic E-state index is 13.8. The second-order valence-electron chi connectivity index (χ2n) is 7.98. The third-order valence-corrected chi connectivity index (χ3v) is 5.87. The number of Topliss-reactive ketones (excluding diaryl/α,β-unsaturated/α-hetero) is 1. The number of carbonyl (C=O) groups excluding carboxylic acids is 3. The minimum Gasteiger partial charge on any atom is -0.341 e. The van der Waals surface area contributed by atoms with Crippen LogP contribution in [0.2, 0.25) is 0 Å². The fourth-order valence-corrected chi connectivity index (χ4v) is 3.99. The Bertz CT molecular complexity index is 1140. The summed E-state index contributed by atoms with van der Waals surface area (Å²) in [5.41, 5.74) is 1.82. The van der Waals surface area contributed by atoms with E-state index in [1.807, 2.05) is 0 Å². The Labute approximate surface area is 173 Å². The first kappa shape index (κ1) is 19.9. The van der Waals surface area contributed by atoms with Crippen molar-refractivity contribution in [2.24, 2.45) is 0 Å². The molecule has 1 aromatic heterocycles. The third kappa shape index (κ3) is 3.28. The second kappa shape index (κ2) is 7.13. The van der Waals surface area contributed by atoms with Crippen molar-refractivity contribution in [2.75, 3.05) is 5.32 Å². The summed E-state index contributed by atoms with van der Waals surface area (Å²) in [6.07, 6.45) is 8.14. The topological polar surface area (TPSA) is 80.2 Å². The summed E-state index contributed by atoms with van der Waals surface area (Å²) < 4.78 is 15.6. The van der Waals surface area contributed by atoms with Gasteiger partial charge in [-0.1, -0.05) is 12.0 Å². The monoisotopic (exact) mass is 407 g/mol. The van der Waals surface area contributed by atoms with Gasteiger partial charge in [0.15, 0.2) is 0 Å². The number of aryl methyl sites for hydroxylation is 1. The molecule has 2 amide bonds. The summed E-state index contributed by atoms with van der Waals surface area (Å²) in [6.45, 7) is 3.85. The zero-order valence-electron chi connectivity index (χ0n) is 16.9. The molecule has 1 aliphatic heterocycles. The maximum atomic E-state index is 13.8. The molecule has 1 fully saturated rings. The molecular weight excluding hydrogens is 385 g/mol. The highest BCUT2D eigenvalue weighted by molar-refractivity contribution is 6.43. The van der Waals surface area contributed by atoms with E-state index < -0.39 is 29.0 Å². The Morgan fingerprint density at radius 1 is 1.23 bits per heavy atom. The molecule has 0 radical (unpaired) electrons. The average molecular weight is 407 g/mol.